The SMILES string of the molecule is C=C1C[C@@H]2[C@H](C=C[C@H](CCCCC)OC3CCCCO3)[C@H](OC3CCCCO3)C[C@@H]2C1OC(C)=O. The van der Waals surface area contributed by atoms with Crippen LogP contribution in [-0.4, -0.2) is 50.1 Å². The normalized spacial score (nSPS) is 36.4. The van der Waals surface area contributed by atoms with E-state index in [1.54, 1.807) is 0 Å². The van der Waals surface area contributed by atoms with Crippen LogP contribution in [0, 0.1) is 17.8 Å². The molecule has 6 nitrogen and oxygen atoms in total. The Bertz CT molecular complexity index is 708. The number of esters is 1. The van der Waals surface area contributed by atoms with E-state index < -0.39 is 0 Å². The van der Waals surface area contributed by atoms with Gasteiger partial charge < -0.3 is 23.7 Å². The highest BCUT2D eigenvalue weighted by molar-refractivity contribution is 5.66. The average Bonchev–Trinajstić information content (AvgIpc) is 3.33. The summed E-state index contributed by atoms with van der Waals surface area (Å²) in [5, 5.41) is 0. The van der Waals surface area contributed by atoms with E-state index in [-0.39, 0.29) is 48.7 Å². The second-order valence-corrected chi connectivity index (χ2v) is 10.9. The first-order chi connectivity index (χ1) is 17.0. The van der Waals surface area contributed by atoms with E-state index in [0.717, 1.165) is 76.6 Å². The van der Waals surface area contributed by atoms with Gasteiger partial charge in [-0.3, -0.25) is 4.79 Å². The molecule has 198 valence electrons. The summed E-state index contributed by atoms with van der Waals surface area (Å²) in [4.78, 5) is 11.8. The summed E-state index contributed by atoms with van der Waals surface area (Å²) in [7, 11) is 0. The van der Waals surface area contributed by atoms with Crippen LogP contribution in [0.25, 0.3) is 0 Å². The van der Waals surface area contributed by atoms with Crippen molar-refractivity contribution in [3.63, 3.8) is 0 Å². The summed E-state index contributed by atoms with van der Waals surface area (Å²) in [6, 6.07) is 0. The number of carbonyl (C=O) groups is 1. The maximum absolute atomic E-state index is 11.8. The second kappa shape index (κ2) is 13.4. The van der Waals surface area contributed by atoms with Crippen molar-refractivity contribution in [2.75, 3.05) is 13.2 Å². The van der Waals surface area contributed by atoms with Gasteiger partial charge in [0.05, 0.1) is 12.2 Å². The lowest BCUT2D eigenvalue weighted by Gasteiger charge is -2.30. The fourth-order valence-corrected chi connectivity index (χ4v) is 6.37. The van der Waals surface area contributed by atoms with Crippen molar-refractivity contribution < 1.29 is 28.5 Å². The van der Waals surface area contributed by atoms with Gasteiger partial charge in [-0.05, 0) is 69.3 Å². The van der Waals surface area contributed by atoms with Crippen LogP contribution in [0.5, 0.6) is 0 Å². The summed E-state index contributed by atoms with van der Waals surface area (Å²) < 4.78 is 30.5. The molecule has 0 radical (unpaired) electrons. The molecular formula is C29H46O6. The van der Waals surface area contributed by atoms with Crippen molar-refractivity contribution in [1.82, 2.24) is 0 Å². The Kier molecular flexibility index (Phi) is 10.3. The molecule has 0 aromatic rings. The molecule has 3 unspecified atom stereocenters. The molecular weight excluding hydrogens is 444 g/mol. The molecule has 0 amide bonds. The number of unbranched alkanes of at least 4 members (excludes halogenated alkanes) is 2. The van der Waals surface area contributed by atoms with Crippen LogP contribution in [0.4, 0.5) is 0 Å². The predicted molar refractivity (Wildman–Crippen MR) is 135 cm³/mol. The Hall–Kier alpha value is -1.21. The molecule has 4 fully saturated rings. The smallest absolute Gasteiger partial charge is 0.303 e. The van der Waals surface area contributed by atoms with Crippen molar-refractivity contribution >= 4 is 5.97 Å². The molecule has 8 atom stereocenters. The molecule has 0 aromatic heterocycles. The summed E-state index contributed by atoms with van der Waals surface area (Å²) >= 11 is 0. The monoisotopic (exact) mass is 490 g/mol. The molecule has 2 aliphatic carbocycles. The van der Waals surface area contributed by atoms with Crippen molar-refractivity contribution in [3.8, 4) is 0 Å². The summed E-state index contributed by atoms with van der Waals surface area (Å²) in [5.41, 5.74) is 1.03. The zero-order chi connectivity index (χ0) is 24.6. The first kappa shape index (κ1) is 26.8. The van der Waals surface area contributed by atoms with E-state index in [0.29, 0.717) is 5.92 Å². The molecule has 6 heteroatoms. The maximum Gasteiger partial charge on any atom is 0.303 e. The fraction of sp³-hybridized carbons (Fsp3) is 0.828. The largest absolute Gasteiger partial charge is 0.458 e. The Morgan fingerprint density at radius 2 is 1.83 bits per heavy atom. The van der Waals surface area contributed by atoms with Gasteiger partial charge in [0.2, 0.25) is 0 Å². The maximum atomic E-state index is 11.8. The van der Waals surface area contributed by atoms with Crippen LogP contribution in [0.3, 0.4) is 0 Å². The van der Waals surface area contributed by atoms with Gasteiger partial charge in [0, 0.05) is 32.0 Å². The van der Waals surface area contributed by atoms with Crippen LogP contribution >= 0.6 is 0 Å². The zero-order valence-corrected chi connectivity index (χ0v) is 21.8. The van der Waals surface area contributed by atoms with Crippen LogP contribution in [0.1, 0.15) is 90.9 Å². The number of hydrogen-bond acceptors (Lipinski definition) is 6. The van der Waals surface area contributed by atoms with Crippen molar-refractivity contribution in [1.29, 1.82) is 0 Å². The van der Waals surface area contributed by atoms with Gasteiger partial charge in [0.25, 0.3) is 0 Å². The highest BCUT2D eigenvalue weighted by atomic mass is 16.7. The lowest BCUT2D eigenvalue weighted by molar-refractivity contribution is -0.193. The van der Waals surface area contributed by atoms with Gasteiger partial charge in [0.15, 0.2) is 12.6 Å². The van der Waals surface area contributed by atoms with Gasteiger partial charge in [-0.1, -0.05) is 44.9 Å². The third kappa shape index (κ3) is 7.41. The quantitative estimate of drug-likeness (QED) is 0.198. The van der Waals surface area contributed by atoms with E-state index in [9.17, 15) is 4.79 Å². The Labute approximate surface area is 211 Å². The van der Waals surface area contributed by atoms with E-state index in [2.05, 4.69) is 25.7 Å². The minimum atomic E-state index is -0.235. The number of rotatable bonds is 11. The molecule has 35 heavy (non-hydrogen) atoms. The second-order valence-electron chi connectivity index (χ2n) is 10.9. The minimum Gasteiger partial charge on any atom is -0.458 e. The molecule has 2 saturated carbocycles. The van der Waals surface area contributed by atoms with Crippen molar-refractivity contribution in [2.24, 2.45) is 17.8 Å². The zero-order valence-electron chi connectivity index (χ0n) is 21.8. The lowest BCUT2D eigenvalue weighted by atomic mass is 9.90. The summed E-state index contributed by atoms with van der Waals surface area (Å²) in [6.07, 6.45) is 17.0. The lowest BCUT2D eigenvalue weighted by Crippen LogP contribution is -2.31. The molecule has 2 saturated heterocycles. The molecule has 4 rings (SSSR count). The standard InChI is InChI=1S/C29H46O6/c1-4-5-6-11-22(34-27-12-7-9-16-31-27)14-15-23-24-18-20(2)29(33-21(3)30)25(24)19-26(23)35-28-13-8-10-17-32-28/h14-15,22-29H,2,4-13,16-19H2,1,3H3/t22-,23-,24+,25-,26+,27?,28?,29?/m0/s1. The van der Waals surface area contributed by atoms with E-state index >= 15 is 0 Å². The van der Waals surface area contributed by atoms with Crippen molar-refractivity contribution in [3.05, 3.63) is 24.3 Å². The Morgan fingerprint density at radius 3 is 2.49 bits per heavy atom. The topological polar surface area (TPSA) is 63.2 Å². The summed E-state index contributed by atoms with van der Waals surface area (Å²) in [5.74, 6) is 0.600. The number of hydrogen-bond donors (Lipinski definition) is 0. The highest BCUT2D eigenvalue weighted by Crippen LogP contribution is 2.52. The van der Waals surface area contributed by atoms with Gasteiger partial charge in [-0.2, -0.15) is 0 Å². The minimum absolute atomic E-state index is 0.0455. The van der Waals surface area contributed by atoms with Gasteiger partial charge in [0.1, 0.15) is 6.10 Å². The molecule has 0 aromatic carbocycles. The summed E-state index contributed by atoms with van der Waals surface area (Å²) in [6.45, 7) is 9.54. The van der Waals surface area contributed by atoms with Crippen LogP contribution < -0.4 is 0 Å². The van der Waals surface area contributed by atoms with E-state index in [1.165, 1.54) is 26.2 Å². The van der Waals surface area contributed by atoms with Gasteiger partial charge in [-0.15, -0.1) is 0 Å². The van der Waals surface area contributed by atoms with Crippen molar-refractivity contribution in [2.45, 2.75) is 122 Å². The number of ether oxygens (including phenoxy) is 5. The van der Waals surface area contributed by atoms with E-state index in [4.69, 9.17) is 23.7 Å². The molecule has 2 heterocycles. The highest BCUT2D eigenvalue weighted by Gasteiger charge is 2.52. The van der Waals surface area contributed by atoms with Gasteiger partial charge in [-0.25, -0.2) is 0 Å². The first-order valence-electron chi connectivity index (χ1n) is 14.1. The molecule has 2 aliphatic heterocycles. The number of fused-ring (bicyclic) bond motifs is 1. The Morgan fingerprint density at radius 1 is 1.09 bits per heavy atom. The van der Waals surface area contributed by atoms with E-state index in [1.807, 2.05) is 0 Å². The van der Waals surface area contributed by atoms with Gasteiger partial charge >= 0.3 is 5.97 Å². The predicted octanol–water partition coefficient (Wildman–Crippen LogP) is 6.09. The average molecular weight is 491 g/mol. The molecule has 0 N–H and O–H groups in total. The molecule has 0 spiro atoms. The fourth-order valence-electron chi connectivity index (χ4n) is 6.37. The Balaban J connectivity index is 1.48. The van der Waals surface area contributed by atoms with Crippen LogP contribution in [0.2, 0.25) is 0 Å². The molecule has 4 aliphatic rings. The third-order valence-corrected chi connectivity index (χ3v) is 8.13. The van der Waals surface area contributed by atoms with Crippen LogP contribution in [0.15, 0.2) is 24.3 Å². The first-order valence-corrected chi connectivity index (χ1v) is 14.1. The van der Waals surface area contributed by atoms with Crippen LogP contribution in [-0.2, 0) is 28.5 Å². The third-order valence-electron chi connectivity index (χ3n) is 8.13. The number of carbonyl (C=O) groups excluding carboxylic acids is 1. The molecule has 0 bridgehead atoms.